The van der Waals surface area contributed by atoms with E-state index in [1.807, 2.05) is 13.0 Å². The van der Waals surface area contributed by atoms with Crippen molar-refractivity contribution in [3.05, 3.63) is 35.9 Å². The van der Waals surface area contributed by atoms with Gasteiger partial charge in [-0.15, -0.1) is 0 Å². The number of ether oxygens (including phenoxy) is 1. The quantitative estimate of drug-likeness (QED) is 0.685. The van der Waals surface area contributed by atoms with E-state index in [0.717, 1.165) is 38.5 Å². The van der Waals surface area contributed by atoms with Gasteiger partial charge in [0.15, 0.2) is 0 Å². The van der Waals surface area contributed by atoms with Crippen LogP contribution < -0.4 is 5.32 Å². The van der Waals surface area contributed by atoms with Gasteiger partial charge in [-0.05, 0) is 63.4 Å². The Kier molecular flexibility index (Phi) is 6.52. The van der Waals surface area contributed by atoms with Crippen molar-refractivity contribution in [2.45, 2.75) is 100 Å². The minimum absolute atomic E-state index is 0.0623. The lowest BCUT2D eigenvalue weighted by molar-refractivity contribution is -0.223. The molecule has 5 atom stereocenters. The lowest BCUT2D eigenvalue weighted by atomic mass is 9.73. The number of amides is 1. The smallest absolute Gasteiger partial charge is 0.223 e. The molecule has 0 aromatic heterocycles. The van der Waals surface area contributed by atoms with Crippen molar-refractivity contribution in [2.75, 3.05) is 6.61 Å². The fraction of sp³-hybridized carbons (Fsp3) is 0.720. The summed E-state index contributed by atoms with van der Waals surface area (Å²) in [5.41, 5.74) is 0.0360. The fourth-order valence-electron chi connectivity index (χ4n) is 6.18. The minimum atomic E-state index is -0.767. The van der Waals surface area contributed by atoms with Gasteiger partial charge in [0.05, 0.1) is 17.2 Å². The van der Waals surface area contributed by atoms with Crippen LogP contribution in [0.15, 0.2) is 30.3 Å². The van der Waals surface area contributed by atoms with Gasteiger partial charge in [-0.3, -0.25) is 4.79 Å². The molecule has 1 amide bonds. The number of benzene rings is 1. The maximum absolute atomic E-state index is 12.9. The average Bonchev–Trinajstić information content (AvgIpc) is 2.83. The van der Waals surface area contributed by atoms with Crippen molar-refractivity contribution < 1.29 is 19.7 Å². The van der Waals surface area contributed by atoms with Gasteiger partial charge in [0.1, 0.15) is 6.10 Å². The molecule has 1 aliphatic carbocycles. The van der Waals surface area contributed by atoms with Crippen LogP contribution in [0.1, 0.15) is 82.6 Å². The van der Waals surface area contributed by atoms with Crippen LogP contribution in [-0.2, 0) is 9.53 Å². The van der Waals surface area contributed by atoms with Crippen LogP contribution in [0, 0.1) is 5.92 Å². The monoisotopic (exact) mass is 415 g/mol. The molecule has 5 heteroatoms. The molecule has 0 radical (unpaired) electrons. The van der Waals surface area contributed by atoms with Crippen molar-refractivity contribution in [3.8, 4) is 0 Å². The van der Waals surface area contributed by atoms with E-state index < -0.39 is 17.3 Å². The highest BCUT2D eigenvalue weighted by Gasteiger charge is 2.54. The SMILES string of the molecule is C[C@]12C[C@@H](c3ccccc3)C[C@](CCO)(CC[C@@H](NC(=O)C3CCCCC3)[C@@H]1O)O2. The van der Waals surface area contributed by atoms with Gasteiger partial charge >= 0.3 is 0 Å². The number of rotatable bonds is 5. The van der Waals surface area contributed by atoms with Crippen molar-refractivity contribution in [3.63, 3.8) is 0 Å². The number of aliphatic hydroxyl groups is 2. The third kappa shape index (κ3) is 4.44. The largest absolute Gasteiger partial charge is 0.396 e. The van der Waals surface area contributed by atoms with Crippen LogP contribution in [0.5, 0.6) is 0 Å². The van der Waals surface area contributed by atoms with Crippen molar-refractivity contribution >= 4 is 5.91 Å². The molecule has 4 rings (SSSR count). The van der Waals surface area contributed by atoms with E-state index in [2.05, 4.69) is 29.6 Å². The molecule has 166 valence electrons. The maximum atomic E-state index is 12.9. The highest BCUT2D eigenvalue weighted by atomic mass is 16.5. The van der Waals surface area contributed by atoms with E-state index in [1.165, 1.54) is 12.0 Å². The van der Waals surface area contributed by atoms with Crippen molar-refractivity contribution in [1.29, 1.82) is 0 Å². The van der Waals surface area contributed by atoms with Crippen LogP contribution >= 0.6 is 0 Å². The third-order valence-electron chi connectivity index (χ3n) is 7.78. The first-order valence-corrected chi connectivity index (χ1v) is 11.8. The molecule has 2 saturated heterocycles. The Balaban J connectivity index is 1.56. The minimum Gasteiger partial charge on any atom is -0.396 e. The summed E-state index contributed by atoms with van der Waals surface area (Å²) in [4.78, 5) is 12.9. The number of carbonyl (C=O) groups is 1. The zero-order chi connectivity index (χ0) is 21.2. The molecule has 0 spiro atoms. The van der Waals surface area contributed by atoms with Crippen LogP contribution in [0.2, 0.25) is 0 Å². The first-order chi connectivity index (χ1) is 14.4. The predicted octanol–water partition coefficient (Wildman–Crippen LogP) is 3.68. The summed E-state index contributed by atoms with van der Waals surface area (Å²) >= 11 is 0. The van der Waals surface area contributed by atoms with Gasteiger partial charge in [0, 0.05) is 12.5 Å². The van der Waals surface area contributed by atoms with E-state index in [1.54, 1.807) is 0 Å². The number of fused-ring (bicyclic) bond motifs is 2. The molecule has 1 aromatic rings. The van der Waals surface area contributed by atoms with Gasteiger partial charge in [0.2, 0.25) is 5.91 Å². The maximum Gasteiger partial charge on any atom is 0.223 e. The van der Waals surface area contributed by atoms with E-state index in [9.17, 15) is 15.0 Å². The molecule has 2 aliphatic heterocycles. The second kappa shape index (κ2) is 8.97. The zero-order valence-electron chi connectivity index (χ0n) is 18.2. The molecule has 3 aliphatic rings. The molecular formula is C25H37NO4. The molecular weight excluding hydrogens is 378 g/mol. The summed E-state index contributed by atoms with van der Waals surface area (Å²) < 4.78 is 6.62. The first-order valence-electron chi connectivity index (χ1n) is 11.8. The van der Waals surface area contributed by atoms with E-state index in [4.69, 9.17) is 4.74 Å². The molecule has 3 N–H and O–H groups in total. The highest BCUT2D eigenvalue weighted by molar-refractivity contribution is 5.79. The first kappa shape index (κ1) is 21.8. The second-order valence-electron chi connectivity index (χ2n) is 10.0. The second-order valence-corrected chi connectivity index (χ2v) is 10.0. The normalized spacial score (nSPS) is 37.4. The summed E-state index contributed by atoms with van der Waals surface area (Å²) in [5.74, 6) is 0.430. The molecule has 5 nitrogen and oxygen atoms in total. The predicted molar refractivity (Wildman–Crippen MR) is 116 cm³/mol. The number of nitrogens with one attached hydrogen (secondary N) is 1. The molecule has 0 unspecified atom stereocenters. The Hall–Kier alpha value is -1.43. The lowest BCUT2D eigenvalue weighted by Crippen LogP contribution is -2.58. The van der Waals surface area contributed by atoms with Gasteiger partial charge in [-0.2, -0.15) is 0 Å². The number of aliphatic hydroxyl groups excluding tert-OH is 2. The van der Waals surface area contributed by atoms with Crippen LogP contribution in [0.25, 0.3) is 0 Å². The zero-order valence-corrected chi connectivity index (χ0v) is 18.2. The number of carbonyl (C=O) groups excluding carboxylic acids is 1. The average molecular weight is 416 g/mol. The Morgan fingerprint density at radius 3 is 2.57 bits per heavy atom. The summed E-state index contributed by atoms with van der Waals surface area (Å²) in [7, 11) is 0. The van der Waals surface area contributed by atoms with Gasteiger partial charge in [-0.1, -0.05) is 49.6 Å². The van der Waals surface area contributed by atoms with Gasteiger partial charge < -0.3 is 20.3 Å². The standard InChI is InChI=1S/C25H37NO4/c1-24-16-20(18-8-4-2-5-9-18)17-25(30-24,14-15-27)13-12-21(22(24)28)26-23(29)19-10-6-3-7-11-19/h2,4-5,8-9,19-22,27-28H,3,6-7,10-17H2,1H3,(H,26,29)/t20-,21-,22+,24+,25-/m1/s1. The van der Waals surface area contributed by atoms with E-state index >= 15 is 0 Å². The summed E-state index contributed by atoms with van der Waals surface area (Å²) in [6, 6.07) is 10.1. The van der Waals surface area contributed by atoms with Gasteiger partial charge in [-0.25, -0.2) is 0 Å². The Bertz CT molecular complexity index is 719. The van der Waals surface area contributed by atoms with Crippen molar-refractivity contribution in [1.82, 2.24) is 5.32 Å². The molecule has 3 fully saturated rings. The summed E-state index contributed by atoms with van der Waals surface area (Å²) in [5, 5.41) is 24.4. The van der Waals surface area contributed by atoms with E-state index in [0.29, 0.717) is 19.3 Å². The topological polar surface area (TPSA) is 78.8 Å². The van der Waals surface area contributed by atoms with Gasteiger partial charge in [0.25, 0.3) is 0 Å². The lowest BCUT2D eigenvalue weighted by Gasteiger charge is -2.50. The van der Waals surface area contributed by atoms with Crippen LogP contribution in [-0.4, -0.2) is 46.1 Å². The number of hydrogen-bond donors (Lipinski definition) is 3. The Morgan fingerprint density at radius 1 is 1.13 bits per heavy atom. The van der Waals surface area contributed by atoms with E-state index in [-0.39, 0.29) is 30.4 Å². The summed E-state index contributed by atoms with van der Waals surface area (Å²) in [6.07, 6.45) is 8.10. The summed E-state index contributed by atoms with van der Waals surface area (Å²) in [6.45, 7) is 2.05. The van der Waals surface area contributed by atoms with Crippen LogP contribution in [0.3, 0.4) is 0 Å². The highest BCUT2D eigenvalue weighted by Crippen LogP contribution is 2.51. The molecule has 2 heterocycles. The molecule has 1 aromatic carbocycles. The molecule has 1 saturated carbocycles. The van der Waals surface area contributed by atoms with Crippen molar-refractivity contribution in [2.24, 2.45) is 5.92 Å². The Morgan fingerprint density at radius 2 is 1.87 bits per heavy atom. The molecule has 2 bridgehead atoms. The fourth-order valence-corrected chi connectivity index (χ4v) is 6.18. The molecule has 30 heavy (non-hydrogen) atoms. The Labute approximate surface area is 180 Å². The van der Waals surface area contributed by atoms with Crippen LogP contribution in [0.4, 0.5) is 0 Å². The third-order valence-corrected chi connectivity index (χ3v) is 7.78. The number of hydrogen-bond acceptors (Lipinski definition) is 4.